The highest BCUT2D eigenvalue weighted by Gasteiger charge is 2.34. The number of nitrogens with one attached hydrogen (secondary N) is 1. The van der Waals surface area contributed by atoms with Crippen LogP contribution in [-0.4, -0.2) is 53.5 Å². The molecule has 0 amide bonds. The van der Waals surface area contributed by atoms with Crippen molar-refractivity contribution >= 4 is 11.8 Å². The van der Waals surface area contributed by atoms with Crippen LogP contribution in [0.4, 0.5) is 5.82 Å². The average Bonchev–Trinajstić information content (AvgIpc) is 2.86. The summed E-state index contributed by atoms with van der Waals surface area (Å²) in [7, 11) is 1.65. The maximum absolute atomic E-state index is 10.6. The number of carboxylic acid groups (broad SMARTS) is 1. The highest BCUT2D eigenvalue weighted by Crippen LogP contribution is 2.22. The van der Waals surface area contributed by atoms with Crippen molar-refractivity contribution in [1.29, 1.82) is 0 Å². The third-order valence-electron chi connectivity index (χ3n) is 2.96. The van der Waals surface area contributed by atoms with Gasteiger partial charge in [-0.15, -0.1) is 0 Å². The maximum atomic E-state index is 10.6. The standard InChI is InChI=1S/C11H15N3O4/c1-17-11(2-3-18-7-11)6-14-9-5-12-8(4-13-9)10(15)16/h4-5H,2-3,6-7H2,1H3,(H,13,14)(H,15,16). The Hall–Kier alpha value is -1.73. The second-order valence-corrected chi connectivity index (χ2v) is 4.14. The van der Waals surface area contributed by atoms with E-state index >= 15 is 0 Å². The maximum Gasteiger partial charge on any atom is 0.356 e. The lowest BCUT2D eigenvalue weighted by atomic mass is 10.0. The molecule has 0 aliphatic carbocycles. The fraction of sp³-hybridized carbons (Fsp3) is 0.545. The van der Waals surface area contributed by atoms with E-state index in [1.807, 2.05) is 0 Å². The van der Waals surface area contributed by atoms with E-state index < -0.39 is 5.97 Å². The Morgan fingerprint density at radius 3 is 2.94 bits per heavy atom. The molecule has 2 heterocycles. The van der Waals surface area contributed by atoms with Crippen LogP contribution in [0.2, 0.25) is 0 Å². The van der Waals surface area contributed by atoms with Crippen LogP contribution < -0.4 is 5.32 Å². The quantitative estimate of drug-likeness (QED) is 0.784. The van der Waals surface area contributed by atoms with E-state index in [2.05, 4.69) is 15.3 Å². The first-order chi connectivity index (χ1) is 8.65. The number of aromatic nitrogens is 2. The third kappa shape index (κ3) is 2.74. The average molecular weight is 253 g/mol. The predicted molar refractivity (Wildman–Crippen MR) is 62.7 cm³/mol. The molecule has 2 N–H and O–H groups in total. The zero-order chi connectivity index (χ0) is 13.0. The van der Waals surface area contributed by atoms with Crippen LogP contribution in [0.15, 0.2) is 12.4 Å². The summed E-state index contributed by atoms with van der Waals surface area (Å²) in [4.78, 5) is 18.4. The molecule has 0 spiro atoms. The molecule has 1 unspecified atom stereocenters. The molecular formula is C11H15N3O4. The van der Waals surface area contributed by atoms with E-state index in [9.17, 15) is 4.79 Å². The van der Waals surface area contributed by atoms with Gasteiger partial charge in [0.1, 0.15) is 11.4 Å². The van der Waals surface area contributed by atoms with Gasteiger partial charge >= 0.3 is 5.97 Å². The first kappa shape index (κ1) is 12.7. The van der Waals surface area contributed by atoms with Crippen molar-refractivity contribution in [2.45, 2.75) is 12.0 Å². The second-order valence-electron chi connectivity index (χ2n) is 4.14. The summed E-state index contributed by atoms with van der Waals surface area (Å²) in [5.41, 5.74) is -0.418. The highest BCUT2D eigenvalue weighted by atomic mass is 16.5. The predicted octanol–water partition coefficient (Wildman–Crippen LogP) is 0.392. The highest BCUT2D eigenvalue weighted by molar-refractivity contribution is 5.84. The van der Waals surface area contributed by atoms with Gasteiger partial charge in [0.05, 0.1) is 19.0 Å². The van der Waals surface area contributed by atoms with Gasteiger partial charge in [-0.3, -0.25) is 0 Å². The van der Waals surface area contributed by atoms with Gasteiger partial charge in [-0.1, -0.05) is 0 Å². The van der Waals surface area contributed by atoms with Crippen LogP contribution in [0.1, 0.15) is 16.9 Å². The molecule has 1 aromatic heterocycles. The van der Waals surface area contributed by atoms with Crippen molar-refractivity contribution in [3.05, 3.63) is 18.1 Å². The first-order valence-electron chi connectivity index (χ1n) is 5.57. The first-order valence-corrected chi connectivity index (χ1v) is 5.57. The molecule has 18 heavy (non-hydrogen) atoms. The molecule has 7 heteroatoms. The monoisotopic (exact) mass is 253 g/mol. The lowest BCUT2D eigenvalue weighted by Crippen LogP contribution is -2.39. The number of rotatable bonds is 5. The normalized spacial score (nSPS) is 22.9. The van der Waals surface area contributed by atoms with Crippen LogP contribution in [0.25, 0.3) is 0 Å². The zero-order valence-corrected chi connectivity index (χ0v) is 10.0. The van der Waals surface area contributed by atoms with E-state index in [0.717, 1.165) is 6.42 Å². The zero-order valence-electron chi connectivity index (χ0n) is 10.0. The summed E-state index contributed by atoms with van der Waals surface area (Å²) in [6, 6.07) is 0. The number of carboxylic acids is 1. The van der Waals surface area contributed by atoms with Gasteiger partial charge in [0.25, 0.3) is 0 Å². The largest absolute Gasteiger partial charge is 0.476 e. The molecule has 0 aromatic carbocycles. The Kier molecular flexibility index (Phi) is 3.73. The van der Waals surface area contributed by atoms with E-state index in [1.165, 1.54) is 12.4 Å². The van der Waals surface area contributed by atoms with Crippen LogP contribution in [0, 0.1) is 0 Å². The van der Waals surface area contributed by atoms with Crippen LogP contribution in [-0.2, 0) is 9.47 Å². The number of ether oxygens (including phenoxy) is 2. The van der Waals surface area contributed by atoms with Gasteiger partial charge in [-0.25, -0.2) is 14.8 Å². The number of hydrogen-bond donors (Lipinski definition) is 2. The molecule has 1 saturated heterocycles. The van der Waals surface area contributed by atoms with Crippen LogP contribution in [0.5, 0.6) is 0 Å². The Labute approximate surface area is 104 Å². The van der Waals surface area contributed by atoms with E-state index in [-0.39, 0.29) is 11.3 Å². The lowest BCUT2D eigenvalue weighted by molar-refractivity contribution is -0.00626. The van der Waals surface area contributed by atoms with E-state index in [1.54, 1.807) is 7.11 Å². The number of methoxy groups -OCH3 is 1. The molecule has 1 aliphatic heterocycles. The molecule has 0 saturated carbocycles. The molecule has 1 aliphatic rings. The van der Waals surface area contributed by atoms with Crippen molar-refractivity contribution in [1.82, 2.24) is 9.97 Å². The second kappa shape index (κ2) is 5.28. The number of aromatic carboxylic acids is 1. The third-order valence-corrected chi connectivity index (χ3v) is 2.96. The van der Waals surface area contributed by atoms with Gasteiger partial charge in [-0.2, -0.15) is 0 Å². The molecule has 0 bridgehead atoms. The fourth-order valence-electron chi connectivity index (χ4n) is 1.74. The summed E-state index contributed by atoms with van der Waals surface area (Å²) >= 11 is 0. The number of nitrogens with zero attached hydrogens (tertiary/aromatic N) is 2. The van der Waals surface area contributed by atoms with Gasteiger partial charge < -0.3 is 19.9 Å². The smallest absolute Gasteiger partial charge is 0.356 e. The van der Waals surface area contributed by atoms with Crippen LogP contribution >= 0.6 is 0 Å². The summed E-state index contributed by atoms with van der Waals surface area (Å²) < 4.78 is 10.8. The summed E-state index contributed by atoms with van der Waals surface area (Å²) in [5.74, 6) is -0.574. The van der Waals surface area contributed by atoms with Crippen molar-refractivity contribution < 1.29 is 19.4 Å². The summed E-state index contributed by atoms with van der Waals surface area (Å²) in [5, 5.41) is 11.8. The molecule has 1 atom stereocenters. The summed E-state index contributed by atoms with van der Waals surface area (Å²) in [6.07, 6.45) is 3.43. The SMILES string of the molecule is COC1(CNc2cnc(C(=O)O)cn2)CCOC1. The Balaban J connectivity index is 1.95. The van der Waals surface area contributed by atoms with Gasteiger partial charge in [0.2, 0.25) is 0 Å². The molecule has 98 valence electrons. The minimum absolute atomic E-state index is 0.0776. The van der Waals surface area contributed by atoms with Crippen molar-refractivity contribution in [2.24, 2.45) is 0 Å². The van der Waals surface area contributed by atoms with Crippen LogP contribution in [0.3, 0.4) is 0 Å². The van der Waals surface area contributed by atoms with Gasteiger partial charge in [0, 0.05) is 26.7 Å². The summed E-state index contributed by atoms with van der Waals surface area (Å²) in [6.45, 7) is 1.76. The Morgan fingerprint density at radius 1 is 1.61 bits per heavy atom. The fourth-order valence-corrected chi connectivity index (χ4v) is 1.74. The molecule has 0 radical (unpaired) electrons. The van der Waals surface area contributed by atoms with Gasteiger partial charge in [0.15, 0.2) is 5.69 Å². The van der Waals surface area contributed by atoms with Gasteiger partial charge in [-0.05, 0) is 0 Å². The number of carbonyl (C=O) groups is 1. The Morgan fingerprint density at radius 2 is 2.44 bits per heavy atom. The molecule has 1 aromatic rings. The van der Waals surface area contributed by atoms with Crippen molar-refractivity contribution in [3.8, 4) is 0 Å². The van der Waals surface area contributed by atoms with E-state index in [0.29, 0.717) is 25.6 Å². The molecule has 7 nitrogen and oxygen atoms in total. The molecule has 2 rings (SSSR count). The minimum Gasteiger partial charge on any atom is -0.476 e. The molecular weight excluding hydrogens is 238 g/mol. The topological polar surface area (TPSA) is 93.6 Å². The number of anilines is 1. The Bertz CT molecular complexity index is 415. The number of hydrogen-bond acceptors (Lipinski definition) is 6. The van der Waals surface area contributed by atoms with E-state index in [4.69, 9.17) is 14.6 Å². The van der Waals surface area contributed by atoms with Crippen molar-refractivity contribution in [2.75, 3.05) is 32.2 Å². The lowest BCUT2D eigenvalue weighted by Gasteiger charge is -2.25. The molecule has 1 fully saturated rings. The van der Waals surface area contributed by atoms with Crippen molar-refractivity contribution in [3.63, 3.8) is 0 Å². The minimum atomic E-state index is -1.09.